The Morgan fingerprint density at radius 1 is 1.38 bits per heavy atom. The van der Waals surface area contributed by atoms with Gasteiger partial charge in [-0.05, 0) is 51.3 Å². The summed E-state index contributed by atoms with van der Waals surface area (Å²) in [6, 6.07) is 7.80. The van der Waals surface area contributed by atoms with Gasteiger partial charge in [-0.1, -0.05) is 18.2 Å². The molecule has 0 unspecified atom stereocenters. The molecule has 1 heterocycles. The van der Waals surface area contributed by atoms with E-state index in [0.29, 0.717) is 12.3 Å². The Hall–Kier alpha value is -1.55. The molecule has 1 saturated heterocycles. The third kappa shape index (κ3) is 4.74. The van der Waals surface area contributed by atoms with Gasteiger partial charge in [0.05, 0.1) is 13.2 Å². The number of hydrogen-bond acceptors (Lipinski definition) is 3. The SMILES string of the molecule is COc1ccccc1[C@H](C)NC(=O)CCC1CCNCC1. The summed E-state index contributed by atoms with van der Waals surface area (Å²) in [5.41, 5.74) is 1.02. The second-order valence-electron chi connectivity index (χ2n) is 5.76. The van der Waals surface area contributed by atoms with Crippen molar-refractivity contribution in [1.82, 2.24) is 10.6 Å². The van der Waals surface area contributed by atoms with Gasteiger partial charge in [0.15, 0.2) is 0 Å². The molecule has 1 aliphatic rings. The van der Waals surface area contributed by atoms with Crippen molar-refractivity contribution in [1.29, 1.82) is 0 Å². The van der Waals surface area contributed by atoms with Gasteiger partial charge in [0, 0.05) is 12.0 Å². The van der Waals surface area contributed by atoms with Gasteiger partial charge in [0.2, 0.25) is 5.91 Å². The minimum atomic E-state index is -0.0262. The van der Waals surface area contributed by atoms with Crippen molar-refractivity contribution in [3.8, 4) is 5.75 Å². The van der Waals surface area contributed by atoms with E-state index in [-0.39, 0.29) is 11.9 Å². The van der Waals surface area contributed by atoms with E-state index in [4.69, 9.17) is 4.74 Å². The van der Waals surface area contributed by atoms with Crippen LogP contribution in [0.5, 0.6) is 5.75 Å². The second-order valence-corrected chi connectivity index (χ2v) is 5.76. The monoisotopic (exact) mass is 290 g/mol. The highest BCUT2D eigenvalue weighted by Crippen LogP contribution is 2.24. The van der Waals surface area contributed by atoms with Crippen molar-refractivity contribution in [2.45, 2.75) is 38.6 Å². The highest BCUT2D eigenvalue weighted by atomic mass is 16.5. The summed E-state index contributed by atoms with van der Waals surface area (Å²) in [6.07, 6.45) is 3.99. The Morgan fingerprint density at radius 3 is 2.81 bits per heavy atom. The number of para-hydroxylation sites is 1. The van der Waals surface area contributed by atoms with Crippen LogP contribution in [0.25, 0.3) is 0 Å². The van der Waals surface area contributed by atoms with Crippen LogP contribution >= 0.6 is 0 Å². The molecule has 1 aliphatic heterocycles. The smallest absolute Gasteiger partial charge is 0.220 e. The van der Waals surface area contributed by atoms with Crippen LogP contribution in [0.3, 0.4) is 0 Å². The summed E-state index contributed by atoms with van der Waals surface area (Å²) in [6.45, 7) is 4.17. The number of nitrogens with one attached hydrogen (secondary N) is 2. The number of benzene rings is 1. The van der Waals surface area contributed by atoms with E-state index in [1.54, 1.807) is 7.11 Å². The molecule has 0 saturated carbocycles. The summed E-state index contributed by atoms with van der Waals surface area (Å²) in [5, 5.41) is 6.43. The first-order valence-electron chi connectivity index (χ1n) is 7.83. The van der Waals surface area contributed by atoms with Crippen LogP contribution in [0.4, 0.5) is 0 Å². The Morgan fingerprint density at radius 2 is 2.10 bits per heavy atom. The molecular formula is C17H26N2O2. The number of rotatable bonds is 6. The van der Waals surface area contributed by atoms with E-state index in [1.165, 1.54) is 12.8 Å². The largest absolute Gasteiger partial charge is 0.496 e. The normalized spacial score (nSPS) is 17.2. The van der Waals surface area contributed by atoms with E-state index in [9.17, 15) is 4.79 Å². The number of carbonyl (C=O) groups excluding carboxylic acids is 1. The van der Waals surface area contributed by atoms with Crippen LogP contribution < -0.4 is 15.4 Å². The topological polar surface area (TPSA) is 50.4 Å². The molecule has 1 fully saturated rings. The molecule has 0 spiro atoms. The summed E-state index contributed by atoms with van der Waals surface area (Å²) in [5.74, 6) is 1.65. The zero-order chi connectivity index (χ0) is 15.1. The van der Waals surface area contributed by atoms with Crippen LogP contribution in [0.2, 0.25) is 0 Å². The first-order chi connectivity index (χ1) is 10.2. The minimum Gasteiger partial charge on any atom is -0.496 e. The lowest BCUT2D eigenvalue weighted by Crippen LogP contribution is -2.30. The molecule has 21 heavy (non-hydrogen) atoms. The van der Waals surface area contributed by atoms with E-state index >= 15 is 0 Å². The zero-order valence-electron chi connectivity index (χ0n) is 13.0. The summed E-state index contributed by atoms with van der Waals surface area (Å²) < 4.78 is 5.34. The van der Waals surface area contributed by atoms with Crippen LogP contribution in [0.15, 0.2) is 24.3 Å². The molecule has 116 valence electrons. The Bertz CT molecular complexity index is 456. The molecule has 1 aromatic rings. The quantitative estimate of drug-likeness (QED) is 0.847. The van der Waals surface area contributed by atoms with Gasteiger partial charge in [0.1, 0.15) is 5.75 Å². The van der Waals surface area contributed by atoms with E-state index < -0.39 is 0 Å². The molecule has 4 heteroatoms. The Balaban J connectivity index is 1.81. The van der Waals surface area contributed by atoms with Gasteiger partial charge < -0.3 is 15.4 Å². The fourth-order valence-corrected chi connectivity index (χ4v) is 2.92. The summed E-state index contributed by atoms with van der Waals surface area (Å²) in [7, 11) is 1.66. The van der Waals surface area contributed by atoms with Crippen LogP contribution in [-0.4, -0.2) is 26.1 Å². The molecular weight excluding hydrogens is 264 g/mol. The molecule has 4 nitrogen and oxygen atoms in total. The molecule has 0 aliphatic carbocycles. The number of hydrogen-bond donors (Lipinski definition) is 2. The molecule has 1 aromatic carbocycles. The lowest BCUT2D eigenvalue weighted by Gasteiger charge is -2.23. The average molecular weight is 290 g/mol. The second kappa shape index (κ2) is 8.03. The molecule has 0 radical (unpaired) electrons. The maximum Gasteiger partial charge on any atom is 0.220 e. The maximum atomic E-state index is 12.1. The highest BCUT2D eigenvalue weighted by molar-refractivity contribution is 5.76. The van der Waals surface area contributed by atoms with Gasteiger partial charge >= 0.3 is 0 Å². The third-order valence-electron chi connectivity index (χ3n) is 4.22. The van der Waals surface area contributed by atoms with Gasteiger partial charge in [-0.15, -0.1) is 0 Å². The van der Waals surface area contributed by atoms with Crippen molar-refractivity contribution in [3.05, 3.63) is 29.8 Å². The number of carbonyl (C=O) groups is 1. The van der Waals surface area contributed by atoms with Gasteiger partial charge in [-0.2, -0.15) is 0 Å². The fourth-order valence-electron chi connectivity index (χ4n) is 2.92. The first-order valence-corrected chi connectivity index (χ1v) is 7.83. The number of ether oxygens (including phenoxy) is 1. The first kappa shape index (κ1) is 15.8. The van der Waals surface area contributed by atoms with Crippen molar-refractivity contribution in [3.63, 3.8) is 0 Å². The van der Waals surface area contributed by atoms with Gasteiger partial charge in [-0.25, -0.2) is 0 Å². The minimum absolute atomic E-state index is 0.0262. The number of methoxy groups -OCH3 is 1. The molecule has 2 N–H and O–H groups in total. The highest BCUT2D eigenvalue weighted by Gasteiger charge is 2.17. The molecule has 1 amide bonds. The zero-order valence-corrected chi connectivity index (χ0v) is 13.0. The predicted octanol–water partition coefficient (Wildman–Crippen LogP) is 2.65. The van der Waals surface area contributed by atoms with Crippen molar-refractivity contribution in [2.75, 3.05) is 20.2 Å². The molecule has 2 rings (SSSR count). The fraction of sp³-hybridized carbons (Fsp3) is 0.588. The predicted molar refractivity (Wildman–Crippen MR) is 84.4 cm³/mol. The third-order valence-corrected chi connectivity index (χ3v) is 4.22. The standard InChI is InChI=1S/C17H26N2O2/c1-13(15-5-3-4-6-16(15)21-2)19-17(20)8-7-14-9-11-18-12-10-14/h3-6,13-14,18H,7-12H2,1-2H3,(H,19,20)/t13-/m0/s1. The van der Waals surface area contributed by atoms with Crippen LogP contribution in [0.1, 0.15) is 44.2 Å². The summed E-state index contributed by atoms with van der Waals surface area (Å²) >= 11 is 0. The lowest BCUT2D eigenvalue weighted by molar-refractivity contribution is -0.122. The molecule has 0 aromatic heterocycles. The maximum absolute atomic E-state index is 12.1. The van der Waals surface area contributed by atoms with E-state index in [2.05, 4.69) is 10.6 Å². The average Bonchev–Trinajstić information content (AvgIpc) is 2.53. The van der Waals surface area contributed by atoms with Crippen LogP contribution in [-0.2, 0) is 4.79 Å². The number of piperidine rings is 1. The molecule has 0 bridgehead atoms. The van der Waals surface area contributed by atoms with Crippen LogP contribution in [0, 0.1) is 5.92 Å². The van der Waals surface area contributed by atoms with Crippen molar-refractivity contribution >= 4 is 5.91 Å². The Kier molecular flexibility index (Phi) is 6.05. The number of amides is 1. The van der Waals surface area contributed by atoms with Gasteiger partial charge in [-0.3, -0.25) is 4.79 Å². The Labute approximate surface area is 127 Å². The van der Waals surface area contributed by atoms with Crippen molar-refractivity contribution in [2.24, 2.45) is 5.92 Å². The summed E-state index contributed by atoms with van der Waals surface area (Å²) in [4.78, 5) is 12.1. The lowest BCUT2D eigenvalue weighted by atomic mass is 9.93. The van der Waals surface area contributed by atoms with Gasteiger partial charge in [0.25, 0.3) is 0 Å². The molecule has 1 atom stereocenters. The van der Waals surface area contributed by atoms with E-state index in [0.717, 1.165) is 30.8 Å². The van der Waals surface area contributed by atoms with E-state index in [1.807, 2.05) is 31.2 Å². The van der Waals surface area contributed by atoms with Crippen molar-refractivity contribution < 1.29 is 9.53 Å².